The van der Waals surface area contributed by atoms with Crippen molar-refractivity contribution >= 4 is 28.5 Å². The molecule has 3 rings (SSSR count). The van der Waals surface area contributed by atoms with Crippen LogP contribution in [0.25, 0.3) is 22.3 Å². The Labute approximate surface area is 151 Å². The van der Waals surface area contributed by atoms with Crippen LogP contribution >= 0.6 is 0 Å². The fourth-order valence-electron chi connectivity index (χ4n) is 2.48. The Morgan fingerprint density at radius 1 is 1.04 bits per heavy atom. The van der Waals surface area contributed by atoms with Gasteiger partial charge in [0.15, 0.2) is 5.82 Å². The summed E-state index contributed by atoms with van der Waals surface area (Å²) in [4.78, 5) is 20.9. The van der Waals surface area contributed by atoms with Crippen molar-refractivity contribution in [3.63, 3.8) is 0 Å². The molecule has 0 aliphatic carbocycles. The first-order chi connectivity index (χ1) is 12.7. The number of esters is 1. The molecule has 2 aromatic carbocycles. The summed E-state index contributed by atoms with van der Waals surface area (Å²) in [6.07, 6.45) is 0.128. The van der Waals surface area contributed by atoms with Gasteiger partial charge in [-0.15, -0.1) is 0 Å². The normalized spacial score (nSPS) is 11.4. The highest BCUT2D eigenvalue weighted by molar-refractivity contribution is 5.98. The first-order valence-electron chi connectivity index (χ1n) is 8.44. The average molecular weight is 348 g/mol. The molecule has 0 atom stereocenters. The van der Waals surface area contributed by atoms with Gasteiger partial charge in [0.2, 0.25) is 0 Å². The third kappa shape index (κ3) is 4.22. The second-order valence-corrected chi connectivity index (χ2v) is 5.72. The summed E-state index contributed by atoms with van der Waals surface area (Å²) in [5.41, 5.74) is 6.79. The standard InChI is InChI=1S/C20H20N4O2/c1-3-26-18(25)13-14(2)23-24-20-19(15-9-5-4-6-10-15)21-16-11-7-8-12-17(16)22-20/h4-12H,3,13H2,1-2H3,(H,22,24)/b23-14+. The number of hydrazone groups is 1. The molecule has 0 unspecified atom stereocenters. The van der Waals surface area contributed by atoms with Crippen molar-refractivity contribution in [2.24, 2.45) is 5.10 Å². The number of para-hydroxylation sites is 2. The van der Waals surface area contributed by atoms with Crippen LogP contribution in [0.4, 0.5) is 5.82 Å². The number of hydrogen-bond donors (Lipinski definition) is 1. The molecule has 0 bridgehead atoms. The van der Waals surface area contributed by atoms with Crippen LogP contribution in [0.5, 0.6) is 0 Å². The van der Waals surface area contributed by atoms with Gasteiger partial charge < -0.3 is 4.74 Å². The van der Waals surface area contributed by atoms with Crippen LogP contribution in [0.2, 0.25) is 0 Å². The highest BCUT2D eigenvalue weighted by Crippen LogP contribution is 2.26. The summed E-state index contributed by atoms with van der Waals surface area (Å²) < 4.78 is 4.94. The number of ether oxygens (including phenoxy) is 1. The summed E-state index contributed by atoms with van der Waals surface area (Å²) in [7, 11) is 0. The number of aromatic nitrogens is 2. The van der Waals surface area contributed by atoms with Crippen molar-refractivity contribution in [1.29, 1.82) is 0 Å². The maximum absolute atomic E-state index is 11.6. The van der Waals surface area contributed by atoms with Crippen molar-refractivity contribution in [3.8, 4) is 11.3 Å². The fraction of sp³-hybridized carbons (Fsp3) is 0.200. The molecule has 0 saturated heterocycles. The molecule has 0 amide bonds. The Hall–Kier alpha value is -3.28. The van der Waals surface area contributed by atoms with Gasteiger partial charge in [0.05, 0.1) is 24.1 Å². The maximum Gasteiger partial charge on any atom is 0.311 e. The monoisotopic (exact) mass is 348 g/mol. The minimum absolute atomic E-state index is 0.128. The smallest absolute Gasteiger partial charge is 0.311 e. The van der Waals surface area contributed by atoms with E-state index in [-0.39, 0.29) is 12.4 Å². The number of fused-ring (bicyclic) bond motifs is 1. The van der Waals surface area contributed by atoms with Crippen molar-refractivity contribution < 1.29 is 9.53 Å². The van der Waals surface area contributed by atoms with E-state index in [0.717, 1.165) is 16.6 Å². The second kappa shape index (κ2) is 8.20. The molecule has 132 valence electrons. The summed E-state index contributed by atoms with van der Waals surface area (Å²) in [6, 6.07) is 17.5. The van der Waals surface area contributed by atoms with Crippen LogP contribution in [0, 0.1) is 0 Å². The van der Waals surface area contributed by atoms with Gasteiger partial charge in [-0.25, -0.2) is 9.97 Å². The molecule has 0 radical (unpaired) electrons. The van der Waals surface area contributed by atoms with E-state index < -0.39 is 0 Å². The number of nitrogens with one attached hydrogen (secondary N) is 1. The van der Waals surface area contributed by atoms with Crippen LogP contribution in [0.15, 0.2) is 59.7 Å². The molecule has 1 aromatic heterocycles. The second-order valence-electron chi connectivity index (χ2n) is 5.72. The van der Waals surface area contributed by atoms with Gasteiger partial charge >= 0.3 is 5.97 Å². The number of hydrogen-bond acceptors (Lipinski definition) is 6. The maximum atomic E-state index is 11.6. The lowest BCUT2D eigenvalue weighted by molar-refractivity contribution is -0.141. The van der Waals surface area contributed by atoms with E-state index in [1.54, 1.807) is 13.8 Å². The molecule has 1 N–H and O–H groups in total. The van der Waals surface area contributed by atoms with E-state index in [1.165, 1.54) is 0 Å². The van der Waals surface area contributed by atoms with Crippen LogP contribution in [-0.4, -0.2) is 28.3 Å². The van der Waals surface area contributed by atoms with Crippen LogP contribution < -0.4 is 5.43 Å². The van der Waals surface area contributed by atoms with Gasteiger partial charge in [0.1, 0.15) is 5.69 Å². The van der Waals surface area contributed by atoms with Crippen molar-refractivity contribution in [2.75, 3.05) is 12.0 Å². The Kier molecular flexibility index (Phi) is 5.53. The van der Waals surface area contributed by atoms with E-state index in [0.29, 0.717) is 23.8 Å². The number of carbonyl (C=O) groups excluding carboxylic acids is 1. The van der Waals surface area contributed by atoms with Crippen LogP contribution in [0.1, 0.15) is 20.3 Å². The van der Waals surface area contributed by atoms with E-state index in [1.807, 2.05) is 54.6 Å². The minimum Gasteiger partial charge on any atom is -0.466 e. The summed E-state index contributed by atoms with van der Waals surface area (Å²) in [5.74, 6) is 0.238. The molecule has 0 saturated carbocycles. The lowest BCUT2D eigenvalue weighted by atomic mass is 10.1. The van der Waals surface area contributed by atoms with Crippen molar-refractivity contribution in [3.05, 3.63) is 54.6 Å². The summed E-state index contributed by atoms with van der Waals surface area (Å²) in [6.45, 7) is 3.90. The van der Waals surface area contributed by atoms with Gasteiger partial charge in [-0.1, -0.05) is 42.5 Å². The lowest BCUT2D eigenvalue weighted by Gasteiger charge is -2.10. The minimum atomic E-state index is -0.302. The molecular formula is C20H20N4O2. The number of anilines is 1. The average Bonchev–Trinajstić information content (AvgIpc) is 2.66. The molecule has 3 aromatic rings. The van der Waals surface area contributed by atoms with E-state index in [2.05, 4.69) is 15.5 Å². The molecule has 6 heteroatoms. The molecule has 0 spiro atoms. The Morgan fingerprint density at radius 3 is 2.38 bits per heavy atom. The van der Waals surface area contributed by atoms with Gasteiger partial charge in [0, 0.05) is 11.3 Å². The van der Waals surface area contributed by atoms with E-state index >= 15 is 0 Å². The number of carbonyl (C=O) groups is 1. The Morgan fingerprint density at radius 2 is 1.69 bits per heavy atom. The number of benzene rings is 2. The summed E-state index contributed by atoms with van der Waals surface area (Å²) in [5, 5.41) is 4.27. The zero-order chi connectivity index (χ0) is 18.4. The Balaban J connectivity index is 1.94. The Bertz CT molecular complexity index is 939. The van der Waals surface area contributed by atoms with Crippen molar-refractivity contribution in [2.45, 2.75) is 20.3 Å². The first-order valence-corrected chi connectivity index (χ1v) is 8.44. The molecule has 0 aliphatic rings. The zero-order valence-corrected chi connectivity index (χ0v) is 14.8. The largest absolute Gasteiger partial charge is 0.466 e. The van der Waals surface area contributed by atoms with Crippen LogP contribution in [0.3, 0.4) is 0 Å². The van der Waals surface area contributed by atoms with Gasteiger partial charge in [-0.3, -0.25) is 10.2 Å². The molecule has 6 nitrogen and oxygen atoms in total. The van der Waals surface area contributed by atoms with E-state index in [4.69, 9.17) is 9.72 Å². The highest BCUT2D eigenvalue weighted by Gasteiger charge is 2.11. The lowest BCUT2D eigenvalue weighted by Crippen LogP contribution is -2.10. The number of nitrogens with zero attached hydrogens (tertiary/aromatic N) is 3. The predicted octanol–water partition coefficient (Wildman–Crippen LogP) is 4.04. The fourth-order valence-corrected chi connectivity index (χ4v) is 2.48. The topological polar surface area (TPSA) is 76.5 Å². The van der Waals surface area contributed by atoms with Crippen molar-refractivity contribution in [1.82, 2.24) is 9.97 Å². The SMILES string of the molecule is CCOC(=O)C/C(C)=N/Nc1nc2ccccc2nc1-c1ccccc1. The van der Waals surface area contributed by atoms with Gasteiger partial charge in [-0.2, -0.15) is 5.10 Å². The highest BCUT2D eigenvalue weighted by atomic mass is 16.5. The molecule has 0 aliphatic heterocycles. The van der Waals surface area contributed by atoms with Crippen LogP contribution in [-0.2, 0) is 9.53 Å². The van der Waals surface area contributed by atoms with E-state index in [9.17, 15) is 4.79 Å². The third-order valence-electron chi connectivity index (χ3n) is 3.68. The van der Waals surface area contributed by atoms with Gasteiger partial charge in [0.25, 0.3) is 0 Å². The quantitative estimate of drug-likeness (QED) is 0.413. The molecule has 1 heterocycles. The molecular weight excluding hydrogens is 328 g/mol. The first kappa shape index (κ1) is 17.5. The number of rotatable bonds is 6. The van der Waals surface area contributed by atoms with Gasteiger partial charge in [-0.05, 0) is 26.0 Å². The summed E-state index contributed by atoms with van der Waals surface area (Å²) >= 11 is 0. The predicted molar refractivity (Wildman–Crippen MR) is 103 cm³/mol. The molecule has 26 heavy (non-hydrogen) atoms. The third-order valence-corrected chi connectivity index (χ3v) is 3.68. The zero-order valence-electron chi connectivity index (χ0n) is 14.8. The molecule has 0 fully saturated rings.